The number of halogens is 2. The summed E-state index contributed by atoms with van der Waals surface area (Å²) >= 11 is 12.0. The molecule has 3 aliphatic rings. The summed E-state index contributed by atoms with van der Waals surface area (Å²) in [6.07, 6.45) is 3.59. The summed E-state index contributed by atoms with van der Waals surface area (Å²) in [5.74, 6) is 0.545. The molecule has 154 valence electrons. The number of fused-ring (bicyclic) bond motifs is 3. The van der Waals surface area contributed by atoms with Gasteiger partial charge in [0, 0.05) is 12.2 Å². The van der Waals surface area contributed by atoms with E-state index in [-0.39, 0.29) is 12.1 Å². The van der Waals surface area contributed by atoms with Gasteiger partial charge >= 0.3 is 6.09 Å². The van der Waals surface area contributed by atoms with Gasteiger partial charge in [0.15, 0.2) is 0 Å². The molecule has 0 saturated carbocycles. The second-order valence-electron chi connectivity index (χ2n) is 7.88. The van der Waals surface area contributed by atoms with Gasteiger partial charge in [-0.1, -0.05) is 47.5 Å². The Kier molecular flexibility index (Phi) is 6.63. The van der Waals surface area contributed by atoms with Gasteiger partial charge in [0.25, 0.3) is 0 Å². The third-order valence-corrected chi connectivity index (χ3v) is 6.74. The number of benzene rings is 2. The second-order valence-corrected chi connectivity index (χ2v) is 8.69. The molecule has 29 heavy (non-hydrogen) atoms. The van der Waals surface area contributed by atoms with Crippen LogP contribution in [-0.2, 0) is 11.2 Å². The number of carbonyl (C=O) groups is 1. The molecule has 5 rings (SSSR count). The van der Waals surface area contributed by atoms with Crippen molar-refractivity contribution in [3.05, 3.63) is 64.1 Å². The van der Waals surface area contributed by atoms with Crippen molar-refractivity contribution in [1.29, 1.82) is 0 Å². The van der Waals surface area contributed by atoms with Crippen molar-refractivity contribution in [2.75, 3.05) is 31.1 Å². The first-order chi connectivity index (χ1) is 14.1. The fourth-order valence-corrected chi connectivity index (χ4v) is 4.77. The van der Waals surface area contributed by atoms with Crippen LogP contribution in [0.5, 0.6) is 0 Å². The standard InChI is InChI=1S/C23H26Cl2N2O2/c24-20-9-8-17(15-21(20)25)5-4-14-29-23(28)27(19-6-2-1-3-7-19)22-16-26-12-10-18(22)11-13-26/h1-3,6-9,15,18,22H,4-5,10-14,16H2. The van der Waals surface area contributed by atoms with Crippen LogP contribution in [0.1, 0.15) is 24.8 Å². The largest absolute Gasteiger partial charge is 0.449 e. The summed E-state index contributed by atoms with van der Waals surface area (Å²) in [4.78, 5) is 17.4. The molecule has 4 nitrogen and oxygen atoms in total. The number of piperidine rings is 3. The molecule has 0 N–H and O–H groups in total. The zero-order valence-electron chi connectivity index (χ0n) is 16.4. The monoisotopic (exact) mass is 432 g/mol. The Hall–Kier alpha value is -1.75. The van der Waals surface area contributed by atoms with Crippen molar-refractivity contribution < 1.29 is 9.53 Å². The highest BCUT2D eigenvalue weighted by Gasteiger charge is 2.40. The Balaban J connectivity index is 1.38. The van der Waals surface area contributed by atoms with Crippen LogP contribution >= 0.6 is 23.2 Å². The molecule has 1 unspecified atom stereocenters. The molecule has 0 spiro atoms. The van der Waals surface area contributed by atoms with Gasteiger partial charge in [0.2, 0.25) is 0 Å². The third kappa shape index (κ3) is 4.88. The number of ether oxygens (including phenoxy) is 1. The maximum absolute atomic E-state index is 13.1. The van der Waals surface area contributed by atoms with Crippen LogP contribution in [-0.4, -0.2) is 43.3 Å². The number of rotatable bonds is 6. The normalized spacial score (nSPS) is 23.0. The van der Waals surface area contributed by atoms with Crippen LogP contribution in [0.3, 0.4) is 0 Å². The smallest absolute Gasteiger partial charge is 0.414 e. The maximum Gasteiger partial charge on any atom is 0.414 e. The first-order valence-corrected chi connectivity index (χ1v) is 11.0. The van der Waals surface area contributed by atoms with Crippen LogP contribution < -0.4 is 4.90 Å². The van der Waals surface area contributed by atoms with E-state index in [0.29, 0.717) is 22.6 Å². The number of para-hydroxylation sites is 1. The van der Waals surface area contributed by atoms with Crippen molar-refractivity contribution in [2.24, 2.45) is 5.92 Å². The fraction of sp³-hybridized carbons (Fsp3) is 0.435. The summed E-state index contributed by atoms with van der Waals surface area (Å²) < 4.78 is 5.70. The predicted octanol–water partition coefficient (Wildman–Crippen LogP) is 5.66. The number of nitrogens with zero attached hydrogens (tertiary/aromatic N) is 2. The van der Waals surface area contributed by atoms with E-state index in [2.05, 4.69) is 4.90 Å². The zero-order chi connectivity index (χ0) is 20.2. The van der Waals surface area contributed by atoms with Crippen LogP contribution in [0.15, 0.2) is 48.5 Å². The Morgan fingerprint density at radius 3 is 2.48 bits per heavy atom. The van der Waals surface area contributed by atoms with Gasteiger partial charge < -0.3 is 9.64 Å². The van der Waals surface area contributed by atoms with Crippen molar-refractivity contribution in [1.82, 2.24) is 4.90 Å². The van der Waals surface area contributed by atoms with Gasteiger partial charge in [-0.05, 0) is 74.5 Å². The molecule has 2 bridgehead atoms. The number of hydrogen-bond donors (Lipinski definition) is 0. The van der Waals surface area contributed by atoms with E-state index < -0.39 is 0 Å². The molecule has 1 atom stereocenters. The Morgan fingerprint density at radius 2 is 1.83 bits per heavy atom. The molecule has 3 aliphatic heterocycles. The fourth-order valence-electron chi connectivity index (χ4n) is 4.45. The molecule has 1 amide bonds. The molecule has 0 aliphatic carbocycles. The number of aryl methyl sites for hydroxylation is 1. The van der Waals surface area contributed by atoms with Crippen LogP contribution in [0.2, 0.25) is 10.0 Å². The quantitative estimate of drug-likeness (QED) is 0.551. The van der Waals surface area contributed by atoms with Crippen molar-refractivity contribution >= 4 is 35.0 Å². The van der Waals surface area contributed by atoms with Gasteiger partial charge in [-0.3, -0.25) is 4.90 Å². The Morgan fingerprint density at radius 1 is 1.07 bits per heavy atom. The highest BCUT2D eigenvalue weighted by molar-refractivity contribution is 6.42. The SMILES string of the molecule is O=C(OCCCc1ccc(Cl)c(Cl)c1)N(c1ccccc1)C1CN2CCC1CC2. The van der Waals surface area contributed by atoms with Gasteiger partial charge in [-0.25, -0.2) is 4.79 Å². The van der Waals surface area contributed by atoms with E-state index in [1.807, 2.05) is 47.4 Å². The number of amides is 1. The molecular weight excluding hydrogens is 407 g/mol. The first-order valence-electron chi connectivity index (χ1n) is 10.3. The molecule has 2 aromatic carbocycles. The van der Waals surface area contributed by atoms with Crippen LogP contribution in [0.25, 0.3) is 0 Å². The molecule has 6 heteroatoms. The molecule has 3 fully saturated rings. The molecule has 2 aromatic rings. The van der Waals surface area contributed by atoms with Crippen molar-refractivity contribution in [3.63, 3.8) is 0 Å². The van der Waals surface area contributed by atoms with Crippen LogP contribution in [0, 0.1) is 5.92 Å². The lowest BCUT2D eigenvalue weighted by Crippen LogP contribution is -2.59. The Labute approximate surface area is 182 Å². The summed E-state index contributed by atoms with van der Waals surface area (Å²) in [7, 11) is 0. The lowest BCUT2D eigenvalue weighted by molar-refractivity contribution is 0.0788. The van der Waals surface area contributed by atoms with Gasteiger partial charge in [0.1, 0.15) is 0 Å². The molecule has 3 heterocycles. The lowest BCUT2D eigenvalue weighted by Gasteiger charge is -2.48. The zero-order valence-corrected chi connectivity index (χ0v) is 17.9. The number of hydrogen-bond acceptors (Lipinski definition) is 3. The van der Waals surface area contributed by atoms with E-state index in [9.17, 15) is 4.79 Å². The van der Waals surface area contributed by atoms with E-state index in [1.54, 1.807) is 6.07 Å². The molecule has 0 radical (unpaired) electrons. The molecular formula is C23H26Cl2N2O2. The minimum absolute atomic E-state index is 0.183. The van der Waals surface area contributed by atoms with E-state index in [0.717, 1.165) is 56.6 Å². The number of carbonyl (C=O) groups excluding carboxylic acids is 1. The minimum atomic E-state index is -0.246. The summed E-state index contributed by atoms with van der Waals surface area (Å²) in [6, 6.07) is 15.7. The van der Waals surface area contributed by atoms with E-state index in [1.165, 1.54) is 0 Å². The Bertz CT molecular complexity index is 838. The highest BCUT2D eigenvalue weighted by Crippen LogP contribution is 2.34. The predicted molar refractivity (Wildman–Crippen MR) is 118 cm³/mol. The van der Waals surface area contributed by atoms with Crippen molar-refractivity contribution in [2.45, 2.75) is 31.7 Å². The lowest BCUT2D eigenvalue weighted by atomic mass is 9.83. The summed E-state index contributed by atoms with van der Waals surface area (Å²) in [5, 5.41) is 1.11. The highest BCUT2D eigenvalue weighted by atomic mass is 35.5. The summed E-state index contributed by atoms with van der Waals surface area (Å²) in [6.45, 7) is 3.59. The van der Waals surface area contributed by atoms with E-state index in [4.69, 9.17) is 27.9 Å². The maximum atomic E-state index is 13.1. The average Bonchev–Trinajstić information content (AvgIpc) is 2.75. The third-order valence-electron chi connectivity index (χ3n) is 6.00. The molecule has 0 aromatic heterocycles. The topological polar surface area (TPSA) is 32.8 Å². The average molecular weight is 433 g/mol. The second kappa shape index (κ2) is 9.38. The van der Waals surface area contributed by atoms with Gasteiger partial charge in [-0.2, -0.15) is 0 Å². The van der Waals surface area contributed by atoms with E-state index >= 15 is 0 Å². The van der Waals surface area contributed by atoms with Crippen LogP contribution in [0.4, 0.5) is 10.5 Å². The van der Waals surface area contributed by atoms with Crippen molar-refractivity contribution in [3.8, 4) is 0 Å². The van der Waals surface area contributed by atoms with Gasteiger partial charge in [0.05, 0.1) is 22.7 Å². The van der Waals surface area contributed by atoms with Gasteiger partial charge in [-0.15, -0.1) is 0 Å². The molecule has 3 saturated heterocycles. The first kappa shape index (κ1) is 20.5. The number of anilines is 1. The minimum Gasteiger partial charge on any atom is -0.449 e. The summed E-state index contributed by atoms with van der Waals surface area (Å²) in [5.41, 5.74) is 2.01.